The van der Waals surface area contributed by atoms with E-state index in [1.165, 1.54) is 16.7 Å². The summed E-state index contributed by atoms with van der Waals surface area (Å²) in [4.78, 5) is 25.4. The molecule has 1 aliphatic carbocycles. The van der Waals surface area contributed by atoms with Crippen LogP contribution in [0.15, 0.2) is 83.0 Å². The highest BCUT2D eigenvalue weighted by Gasteiger charge is 2.28. The molecule has 0 radical (unpaired) electrons. The number of carbonyl (C=O) groups excluding carboxylic acids is 2. The molecule has 160 valence electrons. The Morgan fingerprint density at radius 2 is 1.58 bits per heavy atom. The second-order valence-electron chi connectivity index (χ2n) is 8.26. The number of hydrogen-bond acceptors (Lipinski definition) is 3. The van der Waals surface area contributed by atoms with Crippen molar-refractivity contribution in [2.75, 3.05) is 6.61 Å². The van der Waals surface area contributed by atoms with Gasteiger partial charge in [0.15, 0.2) is 11.6 Å². The van der Waals surface area contributed by atoms with Crippen LogP contribution in [-0.4, -0.2) is 18.2 Å². The summed E-state index contributed by atoms with van der Waals surface area (Å²) in [6.07, 6.45) is 6.59. The Labute approximate surface area is 185 Å². The predicted octanol–water partition coefficient (Wildman–Crippen LogP) is 6.83. The minimum atomic E-state index is -0.0385. The first kappa shape index (κ1) is 22.5. The zero-order valence-electron chi connectivity index (χ0n) is 18.8. The van der Waals surface area contributed by atoms with Crippen LogP contribution in [0.2, 0.25) is 0 Å². The van der Waals surface area contributed by atoms with Crippen LogP contribution in [0.5, 0.6) is 5.75 Å². The van der Waals surface area contributed by atoms with E-state index in [0.29, 0.717) is 35.3 Å². The number of ether oxygens (including phenoxy) is 1. The van der Waals surface area contributed by atoms with Gasteiger partial charge in [-0.3, -0.25) is 9.59 Å². The van der Waals surface area contributed by atoms with Crippen molar-refractivity contribution in [3.63, 3.8) is 0 Å². The van der Waals surface area contributed by atoms with Gasteiger partial charge in [-0.1, -0.05) is 54.1 Å². The van der Waals surface area contributed by atoms with E-state index >= 15 is 0 Å². The molecule has 3 rings (SSSR count). The molecule has 0 aromatic heterocycles. The number of allylic oxidation sites excluding steroid dienone is 5. The Hall–Kier alpha value is -3.20. The molecule has 0 fully saturated rings. The van der Waals surface area contributed by atoms with Gasteiger partial charge in [-0.25, -0.2) is 0 Å². The van der Waals surface area contributed by atoms with E-state index in [2.05, 4.69) is 39.0 Å². The number of rotatable bonds is 8. The van der Waals surface area contributed by atoms with Crippen molar-refractivity contribution in [2.24, 2.45) is 0 Å². The predicted molar refractivity (Wildman–Crippen MR) is 126 cm³/mol. The zero-order chi connectivity index (χ0) is 22.4. The van der Waals surface area contributed by atoms with Crippen molar-refractivity contribution in [3.05, 3.63) is 99.7 Å². The van der Waals surface area contributed by atoms with E-state index in [1.807, 2.05) is 18.2 Å². The normalized spacial score (nSPS) is 14.7. The van der Waals surface area contributed by atoms with Crippen molar-refractivity contribution in [1.82, 2.24) is 0 Å². The van der Waals surface area contributed by atoms with Crippen molar-refractivity contribution in [2.45, 2.75) is 47.0 Å². The van der Waals surface area contributed by atoms with Gasteiger partial charge < -0.3 is 4.74 Å². The van der Waals surface area contributed by atoms with Crippen LogP contribution in [0.4, 0.5) is 0 Å². The molecule has 0 saturated carbocycles. The third-order valence-corrected chi connectivity index (χ3v) is 5.63. The van der Waals surface area contributed by atoms with E-state index in [0.717, 1.165) is 18.6 Å². The van der Waals surface area contributed by atoms with Gasteiger partial charge in [-0.05, 0) is 70.2 Å². The molecule has 0 spiro atoms. The first-order valence-electron chi connectivity index (χ1n) is 10.8. The lowest BCUT2D eigenvalue weighted by Crippen LogP contribution is -2.20. The summed E-state index contributed by atoms with van der Waals surface area (Å²) in [7, 11) is 0. The molecule has 0 saturated heterocycles. The molecule has 3 heteroatoms. The van der Waals surface area contributed by atoms with Gasteiger partial charge in [0.2, 0.25) is 0 Å². The second kappa shape index (κ2) is 10.2. The lowest BCUT2D eigenvalue weighted by atomic mass is 9.83. The SMILES string of the molecule is CC1=C(C/C=C(\C)CC/C=C(\C)COc2cccc(C)c2)C(=O)c2ccccc2C1=O. The van der Waals surface area contributed by atoms with Crippen LogP contribution in [0, 0.1) is 6.92 Å². The third-order valence-electron chi connectivity index (χ3n) is 5.63. The second-order valence-corrected chi connectivity index (χ2v) is 8.26. The number of fused-ring (bicyclic) bond motifs is 1. The molecular weight excluding hydrogens is 384 g/mol. The first-order chi connectivity index (χ1) is 14.9. The van der Waals surface area contributed by atoms with Crippen LogP contribution in [0.1, 0.15) is 66.3 Å². The maximum absolute atomic E-state index is 12.8. The van der Waals surface area contributed by atoms with Crippen LogP contribution < -0.4 is 4.74 Å². The highest BCUT2D eigenvalue weighted by Crippen LogP contribution is 2.28. The van der Waals surface area contributed by atoms with Gasteiger partial charge in [-0.15, -0.1) is 0 Å². The van der Waals surface area contributed by atoms with Gasteiger partial charge in [0.1, 0.15) is 12.4 Å². The van der Waals surface area contributed by atoms with Gasteiger partial charge >= 0.3 is 0 Å². The van der Waals surface area contributed by atoms with Crippen molar-refractivity contribution in [1.29, 1.82) is 0 Å². The maximum Gasteiger partial charge on any atom is 0.190 e. The quantitative estimate of drug-likeness (QED) is 0.445. The fraction of sp³-hybridized carbons (Fsp3) is 0.286. The van der Waals surface area contributed by atoms with Crippen molar-refractivity contribution < 1.29 is 14.3 Å². The Balaban J connectivity index is 1.54. The Bertz CT molecular complexity index is 1080. The van der Waals surface area contributed by atoms with Crippen molar-refractivity contribution >= 4 is 11.6 Å². The summed E-state index contributed by atoms with van der Waals surface area (Å²) >= 11 is 0. The Morgan fingerprint density at radius 3 is 2.29 bits per heavy atom. The highest BCUT2D eigenvalue weighted by molar-refractivity contribution is 6.26. The number of Topliss-reactive ketones (excluding diaryl/α,β-unsaturated/α-hetero) is 2. The largest absolute Gasteiger partial charge is 0.489 e. The monoisotopic (exact) mass is 414 g/mol. The summed E-state index contributed by atoms with van der Waals surface area (Å²) in [5, 5.41) is 0. The van der Waals surface area contributed by atoms with E-state index < -0.39 is 0 Å². The fourth-order valence-corrected chi connectivity index (χ4v) is 3.68. The topological polar surface area (TPSA) is 43.4 Å². The third kappa shape index (κ3) is 5.69. The summed E-state index contributed by atoms with van der Waals surface area (Å²) in [6, 6.07) is 15.1. The summed E-state index contributed by atoms with van der Waals surface area (Å²) in [5.41, 5.74) is 5.81. The van der Waals surface area contributed by atoms with Crippen LogP contribution in [0.25, 0.3) is 0 Å². The van der Waals surface area contributed by atoms with Gasteiger partial charge in [0.25, 0.3) is 0 Å². The average Bonchev–Trinajstić information content (AvgIpc) is 2.76. The Morgan fingerprint density at radius 1 is 0.871 bits per heavy atom. The molecule has 1 aliphatic rings. The molecule has 0 bridgehead atoms. The minimum absolute atomic E-state index is 0.0270. The van der Waals surface area contributed by atoms with E-state index in [4.69, 9.17) is 4.74 Å². The van der Waals surface area contributed by atoms with Crippen LogP contribution in [-0.2, 0) is 0 Å². The molecular formula is C28H30O3. The highest BCUT2D eigenvalue weighted by atomic mass is 16.5. The van der Waals surface area contributed by atoms with E-state index in [-0.39, 0.29) is 11.6 Å². The Kier molecular flexibility index (Phi) is 7.41. The van der Waals surface area contributed by atoms with Gasteiger partial charge in [-0.2, -0.15) is 0 Å². The molecule has 31 heavy (non-hydrogen) atoms. The lowest BCUT2D eigenvalue weighted by molar-refractivity contribution is 0.0973. The average molecular weight is 415 g/mol. The van der Waals surface area contributed by atoms with E-state index in [9.17, 15) is 9.59 Å². The summed E-state index contributed by atoms with van der Waals surface area (Å²) in [5.74, 6) is 0.824. The summed E-state index contributed by atoms with van der Waals surface area (Å²) < 4.78 is 5.84. The molecule has 0 unspecified atom stereocenters. The molecule has 0 atom stereocenters. The molecule has 0 N–H and O–H groups in total. The molecule has 3 nitrogen and oxygen atoms in total. The fourth-order valence-electron chi connectivity index (χ4n) is 3.68. The number of benzene rings is 2. The first-order valence-corrected chi connectivity index (χ1v) is 10.8. The number of ketones is 2. The standard InChI is InChI=1S/C28H30O3/c1-19(9-7-11-21(3)18-31-23-12-8-10-20(2)17-23)15-16-24-22(4)27(29)25-13-5-6-14-26(25)28(24)30/h5-6,8,10-15,17H,7,9,16,18H2,1-4H3/b19-15+,21-11+. The molecule has 0 amide bonds. The van der Waals surface area contributed by atoms with Gasteiger partial charge in [0, 0.05) is 22.3 Å². The number of carbonyl (C=O) groups is 2. The molecule has 2 aromatic rings. The molecule has 0 heterocycles. The zero-order valence-corrected chi connectivity index (χ0v) is 18.8. The van der Waals surface area contributed by atoms with Gasteiger partial charge in [0.05, 0.1) is 0 Å². The maximum atomic E-state index is 12.8. The van der Waals surface area contributed by atoms with Crippen LogP contribution in [0.3, 0.4) is 0 Å². The van der Waals surface area contributed by atoms with Crippen molar-refractivity contribution in [3.8, 4) is 5.75 Å². The molecule has 2 aromatic carbocycles. The molecule has 0 aliphatic heterocycles. The lowest BCUT2D eigenvalue weighted by Gasteiger charge is -2.18. The van der Waals surface area contributed by atoms with E-state index in [1.54, 1.807) is 31.2 Å². The van der Waals surface area contributed by atoms with Crippen LogP contribution >= 0.6 is 0 Å². The summed E-state index contributed by atoms with van der Waals surface area (Å²) in [6.45, 7) is 8.54. The minimum Gasteiger partial charge on any atom is -0.489 e. The number of aryl methyl sites for hydroxylation is 1. The smallest absolute Gasteiger partial charge is 0.190 e. The number of hydrogen-bond donors (Lipinski definition) is 0.